The molecule has 0 radical (unpaired) electrons. The summed E-state index contributed by atoms with van der Waals surface area (Å²) in [7, 11) is 0. The summed E-state index contributed by atoms with van der Waals surface area (Å²) in [6.45, 7) is 2.00. The van der Waals surface area contributed by atoms with Gasteiger partial charge in [-0.15, -0.1) is 0 Å². The Hall–Kier alpha value is -1.37. The first-order valence-corrected chi connectivity index (χ1v) is 7.58. The molecule has 0 bridgehead atoms. The van der Waals surface area contributed by atoms with Gasteiger partial charge < -0.3 is 10.4 Å². The highest BCUT2D eigenvalue weighted by molar-refractivity contribution is 9.10. The number of hydrogen-bond acceptors (Lipinski definition) is 4. The van der Waals surface area contributed by atoms with E-state index in [9.17, 15) is 4.79 Å². The lowest BCUT2D eigenvalue weighted by atomic mass is 10.1. The maximum absolute atomic E-state index is 12.0. The van der Waals surface area contributed by atoms with Crippen molar-refractivity contribution in [2.75, 3.05) is 11.9 Å². The maximum Gasteiger partial charge on any atom is 0.283 e. The van der Waals surface area contributed by atoms with Gasteiger partial charge in [0, 0.05) is 11.1 Å². The lowest BCUT2D eigenvalue weighted by Gasteiger charge is -2.17. The van der Waals surface area contributed by atoms with Crippen molar-refractivity contribution in [2.45, 2.75) is 19.5 Å². The van der Waals surface area contributed by atoms with Crippen LogP contribution >= 0.6 is 27.5 Å². The number of aliphatic hydroxyl groups is 1. The Bertz CT molecular complexity index is 690. The summed E-state index contributed by atoms with van der Waals surface area (Å²) in [5.74, 6) is 0. The molecule has 1 heterocycles. The molecule has 1 aromatic carbocycles. The van der Waals surface area contributed by atoms with Gasteiger partial charge in [-0.1, -0.05) is 23.7 Å². The smallest absolute Gasteiger partial charge is 0.283 e. The highest BCUT2D eigenvalue weighted by Crippen LogP contribution is 2.24. The minimum atomic E-state index is -0.285. The summed E-state index contributed by atoms with van der Waals surface area (Å²) in [5, 5.41) is 16.8. The number of benzene rings is 1. The van der Waals surface area contributed by atoms with Crippen LogP contribution < -0.4 is 10.9 Å². The van der Waals surface area contributed by atoms with E-state index in [2.05, 4.69) is 26.3 Å². The van der Waals surface area contributed by atoms with Gasteiger partial charge in [0.15, 0.2) is 0 Å². The lowest BCUT2D eigenvalue weighted by Crippen LogP contribution is -2.26. The fourth-order valence-corrected chi connectivity index (χ4v) is 2.53. The van der Waals surface area contributed by atoms with Gasteiger partial charge in [0.25, 0.3) is 5.56 Å². The van der Waals surface area contributed by atoms with Crippen LogP contribution in [-0.2, 0) is 6.54 Å². The van der Waals surface area contributed by atoms with E-state index < -0.39 is 0 Å². The van der Waals surface area contributed by atoms with Crippen LogP contribution in [-0.4, -0.2) is 21.5 Å². The molecule has 1 aromatic heterocycles. The van der Waals surface area contributed by atoms with E-state index in [0.717, 1.165) is 5.56 Å². The number of nitrogens with zero attached hydrogens (tertiary/aromatic N) is 2. The summed E-state index contributed by atoms with van der Waals surface area (Å²) < 4.78 is 1.60. The molecule has 0 aliphatic carbocycles. The largest absolute Gasteiger partial charge is 0.394 e. The van der Waals surface area contributed by atoms with Crippen molar-refractivity contribution in [3.63, 3.8) is 0 Å². The van der Waals surface area contributed by atoms with E-state index in [1.807, 2.05) is 31.2 Å². The van der Waals surface area contributed by atoms with Crippen LogP contribution in [0.2, 0.25) is 5.02 Å². The van der Waals surface area contributed by atoms with Crippen LogP contribution in [0.1, 0.15) is 18.5 Å². The van der Waals surface area contributed by atoms with E-state index in [4.69, 9.17) is 16.7 Å². The highest BCUT2D eigenvalue weighted by atomic mass is 79.9. The van der Waals surface area contributed by atoms with Crippen LogP contribution in [0, 0.1) is 0 Å². The van der Waals surface area contributed by atoms with Crippen LogP contribution in [0.3, 0.4) is 0 Å². The Morgan fingerprint density at radius 3 is 2.95 bits per heavy atom. The lowest BCUT2D eigenvalue weighted by molar-refractivity contribution is 0.266. The molecule has 1 unspecified atom stereocenters. The van der Waals surface area contributed by atoms with Gasteiger partial charge in [-0.05, 0) is 40.5 Å². The first-order valence-electron chi connectivity index (χ1n) is 6.41. The van der Waals surface area contributed by atoms with E-state index in [1.165, 1.54) is 4.68 Å². The number of anilines is 1. The van der Waals surface area contributed by atoms with E-state index >= 15 is 0 Å². The SMILES string of the molecule is CC(Nc1cnn(CCO)c(=O)c1Br)c1cccc(Cl)c1. The number of aliphatic hydroxyl groups excluding tert-OH is 1. The van der Waals surface area contributed by atoms with Gasteiger partial charge in [-0.2, -0.15) is 5.10 Å². The van der Waals surface area contributed by atoms with Gasteiger partial charge in [0.2, 0.25) is 0 Å². The summed E-state index contributed by atoms with van der Waals surface area (Å²) in [6.07, 6.45) is 1.56. The average Bonchev–Trinajstić information content (AvgIpc) is 2.47. The number of hydrogen-bond donors (Lipinski definition) is 2. The van der Waals surface area contributed by atoms with Crippen molar-refractivity contribution in [3.05, 3.63) is 55.9 Å². The molecule has 7 heteroatoms. The first-order chi connectivity index (χ1) is 10.0. The highest BCUT2D eigenvalue weighted by Gasteiger charge is 2.12. The number of rotatable bonds is 5. The Morgan fingerprint density at radius 2 is 2.29 bits per heavy atom. The summed E-state index contributed by atoms with van der Waals surface area (Å²) in [6, 6.07) is 7.48. The molecule has 5 nitrogen and oxygen atoms in total. The third-order valence-corrected chi connectivity index (χ3v) is 4.02. The topological polar surface area (TPSA) is 67.2 Å². The van der Waals surface area contributed by atoms with Gasteiger partial charge in [-0.25, -0.2) is 4.68 Å². The molecule has 21 heavy (non-hydrogen) atoms. The minimum Gasteiger partial charge on any atom is -0.394 e. The fourth-order valence-electron chi connectivity index (χ4n) is 1.91. The normalized spacial score (nSPS) is 12.2. The zero-order valence-electron chi connectivity index (χ0n) is 11.4. The Balaban J connectivity index is 2.24. The summed E-state index contributed by atoms with van der Waals surface area (Å²) in [5.41, 5.74) is 1.32. The van der Waals surface area contributed by atoms with Crippen molar-refractivity contribution in [1.82, 2.24) is 9.78 Å². The molecule has 112 valence electrons. The number of nitrogens with one attached hydrogen (secondary N) is 1. The van der Waals surface area contributed by atoms with E-state index in [-0.39, 0.29) is 24.8 Å². The average molecular weight is 373 g/mol. The summed E-state index contributed by atoms with van der Waals surface area (Å²) >= 11 is 9.25. The molecule has 0 fully saturated rings. The van der Waals surface area contributed by atoms with Crippen molar-refractivity contribution in [1.29, 1.82) is 0 Å². The van der Waals surface area contributed by atoms with Gasteiger partial charge in [0.05, 0.1) is 25.0 Å². The zero-order chi connectivity index (χ0) is 15.4. The predicted molar refractivity (Wildman–Crippen MR) is 86.8 cm³/mol. The Labute approximate surface area is 135 Å². The molecule has 2 aromatic rings. The second-order valence-corrected chi connectivity index (χ2v) is 5.77. The molecule has 0 aliphatic heterocycles. The van der Waals surface area contributed by atoms with Gasteiger partial charge >= 0.3 is 0 Å². The molecule has 0 spiro atoms. The number of halogens is 2. The van der Waals surface area contributed by atoms with Crippen molar-refractivity contribution < 1.29 is 5.11 Å². The van der Waals surface area contributed by atoms with Gasteiger partial charge in [-0.3, -0.25) is 4.79 Å². The third kappa shape index (κ3) is 3.84. The number of aromatic nitrogens is 2. The molecule has 0 saturated heterocycles. The summed E-state index contributed by atoms with van der Waals surface area (Å²) in [4.78, 5) is 12.0. The quantitative estimate of drug-likeness (QED) is 0.847. The molecule has 0 aliphatic rings. The molecule has 0 saturated carbocycles. The van der Waals surface area contributed by atoms with Crippen molar-refractivity contribution >= 4 is 33.2 Å². The van der Waals surface area contributed by atoms with E-state index in [1.54, 1.807) is 6.20 Å². The van der Waals surface area contributed by atoms with Crippen molar-refractivity contribution in [2.24, 2.45) is 0 Å². The van der Waals surface area contributed by atoms with Crippen LogP contribution in [0.4, 0.5) is 5.69 Å². The minimum absolute atomic E-state index is 0.0325. The Kier molecular flexibility index (Phi) is 5.39. The van der Waals surface area contributed by atoms with Crippen molar-refractivity contribution in [3.8, 4) is 0 Å². The van der Waals surface area contributed by atoms with Crippen LogP contribution in [0.15, 0.2) is 39.7 Å². The molecular weight excluding hydrogens is 358 g/mol. The Morgan fingerprint density at radius 1 is 1.52 bits per heavy atom. The zero-order valence-corrected chi connectivity index (χ0v) is 13.7. The van der Waals surface area contributed by atoms with Gasteiger partial charge in [0.1, 0.15) is 4.47 Å². The molecule has 0 amide bonds. The molecule has 2 rings (SSSR count). The third-order valence-electron chi connectivity index (χ3n) is 3.02. The molecular formula is C14H15BrClN3O2. The standard InChI is InChI=1S/C14H15BrClN3O2/c1-9(10-3-2-4-11(16)7-10)18-12-8-17-19(5-6-20)14(21)13(12)15/h2-4,7-9,18,20H,5-6H2,1H3. The maximum atomic E-state index is 12.0. The molecule has 2 N–H and O–H groups in total. The second-order valence-electron chi connectivity index (χ2n) is 4.55. The fraction of sp³-hybridized carbons (Fsp3) is 0.286. The monoisotopic (exact) mass is 371 g/mol. The second kappa shape index (κ2) is 7.06. The first kappa shape index (κ1) is 16.0. The predicted octanol–water partition coefficient (Wildman–Crippen LogP) is 2.82. The van der Waals surface area contributed by atoms with E-state index in [0.29, 0.717) is 15.2 Å². The van der Waals surface area contributed by atoms with Crippen LogP contribution in [0.25, 0.3) is 0 Å². The molecule has 1 atom stereocenters. The van der Waals surface area contributed by atoms with Crippen LogP contribution in [0.5, 0.6) is 0 Å².